The first-order valence-electron chi connectivity index (χ1n) is 6.58. The molecule has 1 aromatic rings. The fourth-order valence-corrected chi connectivity index (χ4v) is 2.42. The average Bonchev–Trinajstić information content (AvgIpc) is 2.42. The Morgan fingerprint density at radius 3 is 2.37 bits per heavy atom. The molecule has 1 heterocycles. The third-order valence-electron chi connectivity index (χ3n) is 3.41. The fraction of sp³-hybridized carbons (Fsp3) is 0.692. The predicted molar refractivity (Wildman–Crippen MR) is 79.3 cm³/mol. The second-order valence-corrected chi connectivity index (χ2v) is 5.51. The number of halogens is 2. The van der Waals surface area contributed by atoms with Crippen molar-refractivity contribution in [3.63, 3.8) is 0 Å². The van der Waals surface area contributed by atoms with Crippen LogP contribution < -0.4 is 11.2 Å². The van der Waals surface area contributed by atoms with Crippen molar-refractivity contribution in [3.05, 3.63) is 31.0 Å². The first-order valence-corrected chi connectivity index (χ1v) is 7.34. The van der Waals surface area contributed by atoms with E-state index in [0.717, 1.165) is 25.7 Å². The molecule has 108 valence electrons. The molecule has 1 atom stereocenters. The molecule has 1 rings (SSSR count). The van der Waals surface area contributed by atoms with Crippen molar-refractivity contribution in [2.24, 2.45) is 13.0 Å². The fourth-order valence-electron chi connectivity index (χ4n) is 2.04. The van der Waals surface area contributed by atoms with Crippen molar-refractivity contribution in [2.75, 3.05) is 0 Å². The molecule has 0 aliphatic carbocycles. The molecule has 0 aromatic carbocycles. The van der Waals surface area contributed by atoms with Crippen LogP contribution in [-0.2, 0) is 13.6 Å². The molecule has 0 aliphatic heterocycles. The molecular formula is C13H20Cl2N2O2. The van der Waals surface area contributed by atoms with Crippen LogP contribution in [0.5, 0.6) is 0 Å². The summed E-state index contributed by atoms with van der Waals surface area (Å²) in [5.74, 6) is 0.308. The van der Waals surface area contributed by atoms with Gasteiger partial charge in [0.2, 0.25) is 0 Å². The first kappa shape index (κ1) is 16.3. The van der Waals surface area contributed by atoms with Crippen LogP contribution in [0.2, 0.25) is 10.2 Å². The lowest BCUT2D eigenvalue weighted by Gasteiger charge is -2.17. The van der Waals surface area contributed by atoms with Gasteiger partial charge in [-0.25, -0.2) is 4.79 Å². The maximum absolute atomic E-state index is 12.1. The predicted octanol–water partition coefficient (Wildman–Crippen LogP) is 3.07. The summed E-state index contributed by atoms with van der Waals surface area (Å²) in [7, 11) is 1.51. The SMILES string of the molecule is CCCCC(CC)Cn1c(=O)c(Cl)c(Cl)n(C)c1=O. The Labute approximate surface area is 123 Å². The van der Waals surface area contributed by atoms with Gasteiger partial charge < -0.3 is 0 Å². The second-order valence-electron chi connectivity index (χ2n) is 4.78. The van der Waals surface area contributed by atoms with Gasteiger partial charge in [-0.3, -0.25) is 13.9 Å². The van der Waals surface area contributed by atoms with E-state index in [2.05, 4.69) is 13.8 Å². The number of unbranched alkanes of at least 4 members (excludes halogenated alkanes) is 1. The maximum Gasteiger partial charge on any atom is 0.331 e. The molecule has 19 heavy (non-hydrogen) atoms. The van der Waals surface area contributed by atoms with Gasteiger partial charge in [-0.1, -0.05) is 56.3 Å². The van der Waals surface area contributed by atoms with E-state index in [1.807, 2.05) is 0 Å². The summed E-state index contributed by atoms with van der Waals surface area (Å²) in [4.78, 5) is 24.1. The lowest BCUT2D eigenvalue weighted by atomic mass is 9.99. The van der Waals surface area contributed by atoms with Gasteiger partial charge in [0.25, 0.3) is 5.56 Å². The van der Waals surface area contributed by atoms with Gasteiger partial charge >= 0.3 is 5.69 Å². The van der Waals surface area contributed by atoms with Crippen molar-refractivity contribution < 1.29 is 0 Å². The summed E-state index contributed by atoms with van der Waals surface area (Å²) < 4.78 is 2.40. The lowest BCUT2D eigenvalue weighted by Crippen LogP contribution is -2.41. The zero-order valence-corrected chi connectivity index (χ0v) is 13.1. The summed E-state index contributed by atoms with van der Waals surface area (Å²) in [5, 5.41) is -0.0939. The number of hydrogen-bond acceptors (Lipinski definition) is 2. The molecule has 1 unspecified atom stereocenters. The first-order chi connectivity index (χ1) is 8.93. The van der Waals surface area contributed by atoms with Crippen LogP contribution >= 0.6 is 23.2 Å². The highest BCUT2D eigenvalue weighted by atomic mass is 35.5. The van der Waals surface area contributed by atoms with E-state index >= 15 is 0 Å². The Morgan fingerprint density at radius 2 is 1.84 bits per heavy atom. The Morgan fingerprint density at radius 1 is 1.21 bits per heavy atom. The molecule has 0 radical (unpaired) electrons. The second kappa shape index (κ2) is 7.15. The number of rotatable bonds is 6. The van der Waals surface area contributed by atoms with Crippen molar-refractivity contribution >= 4 is 23.2 Å². The number of aromatic nitrogens is 2. The minimum absolute atomic E-state index is 0.00507. The summed E-state index contributed by atoms with van der Waals surface area (Å²) in [6, 6.07) is 0. The monoisotopic (exact) mass is 306 g/mol. The molecule has 0 N–H and O–H groups in total. The largest absolute Gasteiger partial charge is 0.331 e. The minimum atomic E-state index is -0.496. The molecule has 0 saturated carbocycles. The van der Waals surface area contributed by atoms with Gasteiger partial charge in [0.1, 0.15) is 10.2 Å². The molecule has 1 aromatic heterocycles. The van der Waals surface area contributed by atoms with Gasteiger partial charge in [0.15, 0.2) is 0 Å². The minimum Gasteiger partial charge on any atom is -0.286 e. The summed E-state index contributed by atoms with van der Waals surface area (Å²) in [6.07, 6.45) is 4.12. The zero-order chi connectivity index (χ0) is 14.6. The van der Waals surface area contributed by atoms with Crippen LogP contribution in [0, 0.1) is 5.92 Å². The van der Waals surface area contributed by atoms with E-state index < -0.39 is 11.2 Å². The van der Waals surface area contributed by atoms with Crippen LogP contribution in [0.4, 0.5) is 0 Å². The standard InChI is InChI=1S/C13H20Cl2N2O2/c1-4-6-7-9(5-2)8-17-12(18)10(14)11(15)16(3)13(17)19/h9H,4-8H2,1-3H3. The highest BCUT2D eigenvalue weighted by Crippen LogP contribution is 2.16. The summed E-state index contributed by atoms with van der Waals surface area (Å²) in [6.45, 7) is 4.59. The normalized spacial score (nSPS) is 12.7. The van der Waals surface area contributed by atoms with Gasteiger partial charge in [0.05, 0.1) is 0 Å². The van der Waals surface area contributed by atoms with E-state index in [9.17, 15) is 9.59 Å². The molecule has 4 nitrogen and oxygen atoms in total. The van der Waals surface area contributed by atoms with Crippen LogP contribution in [0.15, 0.2) is 9.59 Å². The Bertz CT molecular complexity index is 512. The van der Waals surface area contributed by atoms with Gasteiger partial charge in [-0.05, 0) is 12.3 Å². The van der Waals surface area contributed by atoms with E-state index in [4.69, 9.17) is 23.2 Å². The molecule has 6 heteroatoms. The molecular weight excluding hydrogens is 287 g/mol. The molecule has 0 bridgehead atoms. The van der Waals surface area contributed by atoms with E-state index in [1.165, 1.54) is 16.2 Å². The molecule has 0 aliphatic rings. The number of hydrogen-bond donors (Lipinski definition) is 0. The van der Waals surface area contributed by atoms with Crippen LogP contribution in [0.25, 0.3) is 0 Å². The van der Waals surface area contributed by atoms with E-state index in [1.54, 1.807) is 0 Å². The summed E-state index contributed by atoms with van der Waals surface area (Å²) >= 11 is 11.7. The summed E-state index contributed by atoms with van der Waals surface area (Å²) in [5.41, 5.74) is -0.904. The third kappa shape index (κ3) is 3.63. The van der Waals surface area contributed by atoms with Gasteiger partial charge in [-0.2, -0.15) is 0 Å². The Kier molecular flexibility index (Phi) is 6.14. The van der Waals surface area contributed by atoms with Crippen molar-refractivity contribution in [2.45, 2.75) is 46.1 Å². The molecule has 0 fully saturated rings. The zero-order valence-electron chi connectivity index (χ0n) is 11.6. The van der Waals surface area contributed by atoms with Crippen molar-refractivity contribution in [3.8, 4) is 0 Å². The van der Waals surface area contributed by atoms with Crippen molar-refractivity contribution in [1.29, 1.82) is 0 Å². The quantitative estimate of drug-likeness (QED) is 0.758. The molecule has 0 spiro atoms. The molecule has 0 saturated heterocycles. The van der Waals surface area contributed by atoms with Crippen LogP contribution in [0.1, 0.15) is 39.5 Å². The van der Waals surface area contributed by atoms with E-state index in [-0.39, 0.29) is 10.2 Å². The molecule has 0 amide bonds. The Hall–Kier alpha value is -0.740. The van der Waals surface area contributed by atoms with Crippen LogP contribution in [-0.4, -0.2) is 9.13 Å². The maximum atomic E-state index is 12.1. The topological polar surface area (TPSA) is 44.0 Å². The van der Waals surface area contributed by atoms with E-state index in [0.29, 0.717) is 12.5 Å². The smallest absolute Gasteiger partial charge is 0.286 e. The third-order valence-corrected chi connectivity index (χ3v) is 4.29. The highest BCUT2D eigenvalue weighted by molar-refractivity contribution is 6.41. The van der Waals surface area contributed by atoms with Crippen LogP contribution in [0.3, 0.4) is 0 Å². The number of nitrogens with zero attached hydrogens (tertiary/aromatic N) is 2. The lowest BCUT2D eigenvalue weighted by molar-refractivity contribution is 0.373. The average molecular weight is 307 g/mol. The van der Waals surface area contributed by atoms with Crippen molar-refractivity contribution in [1.82, 2.24) is 9.13 Å². The van der Waals surface area contributed by atoms with Gasteiger partial charge in [0, 0.05) is 13.6 Å². The van der Waals surface area contributed by atoms with Gasteiger partial charge in [-0.15, -0.1) is 0 Å². The highest BCUT2D eigenvalue weighted by Gasteiger charge is 2.16. The Balaban J connectivity index is 3.14.